The van der Waals surface area contributed by atoms with Crippen molar-refractivity contribution in [2.24, 2.45) is 0 Å². The molecule has 0 aliphatic rings. The Hall–Kier alpha value is -1.34. The topological polar surface area (TPSA) is 52.6 Å². The van der Waals surface area contributed by atoms with Gasteiger partial charge in [-0.25, -0.2) is 0 Å². The van der Waals surface area contributed by atoms with Crippen LogP contribution in [0.4, 0.5) is 0 Å². The molecule has 0 unspecified atom stereocenters. The molecule has 2 aromatic rings. The fourth-order valence-electron chi connectivity index (χ4n) is 2.70. The molecule has 0 heterocycles. The molecular formula is C20H26O4S2. The summed E-state index contributed by atoms with van der Waals surface area (Å²) >= 11 is 1.69. The molecule has 0 aliphatic carbocycles. The molecule has 0 bridgehead atoms. The summed E-state index contributed by atoms with van der Waals surface area (Å²) in [5, 5.41) is 0. The molecule has 6 heteroatoms. The van der Waals surface area contributed by atoms with Gasteiger partial charge in [-0.15, -0.1) is 11.8 Å². The van der Waals surface area contributed by atoms with E-state index < -0.39 is 16.2 Å². The van der Waals surface area contributed by atoms with Crippen LogP contribution in [0.2, 0.25) is 0 Å². The third-order valence-corrected chi connectivity index (χ3v) is 5.50. The normalized spacial score (nSPS) is 14.1. The second kappa shape index (κ2) is 10.1. The summed E-state index contributed by atoms with van der Waals surface area (Å²) in [6.45, 7) is 2.28. The average molecular weight is 395 g/mol. The monoisotopic (exact) mass is 394 g/mol. The fraction of sp³-hybridized carbons (Fsp3) is 0.400. The Morgan fingerprint density at radius 3 is 2.35 bits per heavy atom. The molecule has 0 fully saturated rings. The minimum atomic E-state index is -3.56. The first kappa shape index (κ1) is 21.0. The number of benzene rings is 2. The highest BCUT2D eigenvalue weighted by molar-refractivity contribution is 7.98. The molecule has 0 saturated carbocycles. The maximum absolute atomic E-state index is 11.7. The summed E-state index contributed by atoms with van der Waals surface area (Å²) in [5.74, 6) is 0. The van der Waals surface area contributed by atoms with Gasteiger partial charge in [-0.05, 0) is 43.2 Å². The highest BCUT2D eigenvalue weighted by atomic mass is 32.2. The molecule has 2 atom stereocenters. The van der Waals surface area contributed by atoms with Crippen molar-refractivity contribution in [1.82, 2.24) is 0 Å². The predicted octanol–water partition coefficient (Wildman–Crippen LogP) is 4.29. The van der Waals surface area contributed by atoms with Gasteiger partial charge < -0.3 is 4.74 Å². The minimum Gasteiger partial charge on any atom is -0.371 e. The first-order chi connectivity index (χ1) is 12.4. The summed E-state index contributed by atoms with van der Waals surface area (Å²) < 4.78 is 34.6. The lowest BCUT2D eigenvalue weighted by Crippen LogP contribution is -2.31. The van der Waals surface area contributed by atoms with Crippen molar-refractivity contribution in [3.63, 3.8) is 0 Å². The van der Waals surface area contributed by atoms with Gasteiger partial charge in [-0.1, -0.05) is 48.5 Å². The fourth-order valence-corrected chi connectivity index (χ4v) is 4.05. The first-order valence-electron chi connectivity index (χ1n) is 8.54. The Bertz CT molecular complexity index is 775. The summed E-state index contributed by atoms with van der Waals surface area (Å²) in [6.07, 6.45) is 3.56. The molecule has 0 aliphatic heterocycles. The van der Waals surface area contributed by atoms with E-state index in [4.69, 9.17) is 8.92 Å². The van der Waals surface area contributed by atoms with Crippen molar-refractivity contribution in [2.45, 2.75) is 43.5 Å². The Morgan fingerprint density at radius 1 is 1.04 bits per heavy atom. The average Bonchev–Trinajstić information content (AvgIpc) is 2.63. The van der Waals surface area contributed by atoms with Gasteiger partial charge in [-0.3, -0.25) is 4.18 Å². The second-order valence-electron chi connectivity index (χ2n) is 6.19. The van der Waals surface area contributed by atoms with Gasteiger partial charge in [0.2, 0.25) is 0 Å². The summed E-state index contributed by atoms with van der Waals surface area (Å²) in [4.78, 5) is 1.20. The highest BCUT2D eigenvalue weighted by Gasteiger charge is 2.23. The van der Waals surface area contributed by atoms with Crippen LogP contribution in [-0.4, -0.2) is 33.1 Å². The number of rotatable bonds is 10. The van der Waals surface area contributed by atoms with Crippen LogP contribution >= 0.6 is 11.8 Å². The third kappa shape index (κ3) is 7.11. The largest absolute Gasteiger partial charge is 0.371 e. The molecule has 0 spiro atoms. The van der Waals surface area contributed by atoms with Gasteiger partial charge in [0.15, 0.2) is 0 Å². The Labute approximate surface area is 161 Å². The van der Waals surface area contributed by atoms with Crippen LogP contribution in [0.25, 0.3) is 0 Å². The molecule has 4 nitrogen and oxygen atoms in total. The van der Waals surface area contributed by atoms with Crippen LogP contribution in [0.5, 0.6) is 0 Å². The smallest absolute Gasteiger partial charge is 0.264 e. The van der Waals surface area contributed by atoms with E-state index in [-0.39, 0.29) is 6.10 Å². The maximum Gasteiger partial charge on any atom is 0.264 e. The van der Waals surface area contributed by atoms with Crippen LogP contribution in [0.3, 0.4) is 0 Å². The van der Waals surface area contributed by atoms with E-state index in [0.717, 1.165) is 18.2 Å². The van der Waals surface area contributed by atoms with E-state index in [2.05, 4.69) is 12.1 Å². The van der Waals surface area contributed by atoms with Crippen molar-refractivity contribution in [2.75, 3.05) is 12.5 Å². The van der Waals surface area contributed by atoms with E-state index in [1.807, 2.05) is 55.6 Å². The number of hydrogen-bond donors (Lipinski definition) is 0. The van der Waals surface area contributed by atoms with Gasteiger partial charge in [0.1, 0.15) is 6.10 Å². The van der Waals surface area contributed by atoms with Crippen molar-refractivity contribution >= 4 is 21.9 Å². The molecule has 0 radical (unpaired) electrons. The van der Waals surface area contributed by atoms with Crippen molar-refractivity contribution in [3.05, 3.63) is 65.7 Å². The van der Waals surface area contributed by atoms with E-state index in [1.54, 1.807) is 11.8 Å². The molecule has 0 aromatic heterocycles. The van der Waals surface area contributed by atoms with Crippen LogP contribution in [0.1, 0.15) is 24.5 Å². The minimum absolute atomic E-state index is 0.341. The number of aryl methyl sites for hydroxylation is 1. The maximum atomic E-state index is 11.7. The zero-order valence-corrected chi connectivity index (χ0v) is 17.1. The van der Waals surface area contributed by atoms with E-state index >= 15 is 0 Å². The van der Waals surface area contributed by atoms with Gasteiger partial charge in [0.05, 0.1) is 19.0 Å². The van der Waals surface area contributed by atoms with E-state index in [9.17, 15) is 8.42 Å². The SMILES string of the molecule is CSc1ccccc1CC[C@H](OS(C)(=O)=O)[C@H](C)OCc1ccccc1. The molecule has 0 saturated heterocycles. The third-order valence-electron chi connectivity index (χ3n) is 4.07. The van der Waals surface area contributed by atoms with Gasteiger partial charge in [0.25, 0.3) is 10.1 Å². The lowest BCUT2D eigenvalue weighted by molar-refractivity contribution is -0.0239. The van der Waals surface area contributed by atoms with Crippen LogP contribution in [0, 0.1) is 0 Å². The Balaban J connectivity index is 2.02. The van der Waals surface area contributed by atoms with Crippen molar-refractivity contribution in [1.29, 1.82) is 0 Å². The standard InChI is InChI=1S/C20H26O4S2/c1-16(23-15-17-9-5-4-6-10-17)19(24-26(3,21)22)14-13-18-11-7-8-12-20(18)25-2/h4-12,16,19H,13-15H2,1-3H3/t16-,19-/m0/s1. The Kier molecular flexibility index (Phi) is 8.15. The summed E-state index contributed by atoms with van der Waals surface area (Å²) in [5.41, 5.74) is 2.24. The lowest BCUT2D eigenvalue weighted by Gasteiger charge is -2.24. The second-order valence-corrected chi connectivity index (χ2v) is 8.64. The van der Waals surface area contributed by atoms with E-state index in [1.165, 1.54) is 10.5 Å². The van der Waals surface area contributed by atoms with Crippen LogP contribution in [0.15, 0.2) is 59.5 Å². The van der Waals surface area contributed by atoms with Gasteiger partial charge >= 0.3 is 0 Å². The van der Waals surface area contributed by atoms with Crippen LogP contribution in [-0.2, 0) is 32.1 Å². The number of hydrogen-bond acceptors (Lipinski definition) is 5. The van der Waals surface area contributed by atoms with Crippen molar-refractivity contribution in [3.8, 4) is 0 Å². The first-order valence-corrected chi connectivity index (χ1v) is 11.6. The van der Waals surface area contributed by atoms with E-state index in [0.29, 0.717) is 13.0 Å². The summed E-state index contributed by atoms with van der Waals surface area (Å²) in [7, 11) is -3.56. The molecule has 26 heavy (non-hydrogen) atoms. The zero-order valence-electron chi connectivity index (χ0n) is 15.4. The van der Waals surface area contributed by atoms with Crippen LogP contribution < -0.4 is 0 Å². The zero-order chi connectivity index (χ0) is 19.0. The number of ether oxygens (including phenoxy) is 1. The van der Waals surface area contributed by atoms with Gasteiger partial charge in [-0.2, -0.15) is 8.42 Å². The Morgan fingerprint density at radius 2 is 1.69 bits per heavy atom. The predicted molar refractivity (Wildman–Crippen MR) is 107 cm³/mol. The molecule has 2 aromatic carbocycles. The summed E-state index contributed by atoms with van der Waals surface area (Å²) in [6, 6.07) is 18.0. The quantitative estimate of drug-likeness (QED) is 0.444. The van der Waals surface area contributed by atoms with Gasteiger partial charge in [0, 0.05) is 4.90 Å². The molecule has 0 amide bonds. The lowest BCUT2D eigenvalue weighted by atomic mass is 10.0. The molecular weight excluding hydrogens is 368 g/mol. The highest BCUT2D eigenvalue weighted by Crippen LogP contribution is 2.23. The molecule has 2 rings (SSSR count). The number of thioether (sulfide) groups is 1. The van der Waals surface area contributed by atoms with Crippen molar-refractivity contribution < 1.29 is 17.3 Å². The molecule has 0 N–H and O–H groups in total. The molecule has 142 valence electrons.